The molecule has 1 aliphatic rings. The maximum atomic E-state index is 12.5. The van der Waals surface area contributed by atoms with Gasteiger partial charge in [-0.3, -0.25) is 9.59 Å². The first-order chi connectivity index (χ1) is 13.6. The molecule has 0 fully saturated rings. The SMILES string of the molecule is CCOC(=O)c1cccc(-c2ccc(C=C3C(=O)c4ccccc4C3=O)o2)c1. The van der Waals surface area contributed by atoms with Gasteiger partial charge >= 0.3 is 5.97 Å². The highest BCUT2D eigenvalue weighted by molar-refractivity contribution is 6.41. The zero-order chi connectivity index (χ0) is 19.7. The predicted octanol–water partition coefficient (Wildman–Crippen LogP) is 4.59. The molecule has 0 saturated carbocycles. The van der Waals surface area contributed by atoms with E-state index in [2.05, 4.69) is 0 Å². The van der Waals surface area contributed by atoms with Crippen molar-refractivity contribution >= 4 is 23.6 Å². The molecule has 0 aliphatic heterocycles. The molecule has 28 heavy (non-hydrogen) atoms. The number of ketones is 2. The maximum Gasteiger partial charge on any atom is 0.338 e. The lowest BCUT2D eigenvalue weighted by molar-refractivity contribution is 0.0526. The van der Waals surface area contributed by atoms with E-state index in [9.17, 15) is 14.4 Å². The average Bonchev–Trinajstić information content (AvgIpc) is 3.28. The molecule has 3 aromatic rings. The fourth-order valence-electron chi connectivity index (χ4n) is 3.15. The van der Waals surface area contributed by atoms with Crippen LogP contribution in [-0.2, 0) is 4.74 Å². The number of carbonyl (C=O) groups is 3. The monoisotopic (exact) mass is 372 g/mol. The first kappa shape index (κ1) is 17.7. The molecule has 4 rings (SSSR count). The van der Waals surface area contributed by atoms with Gasteiger partial charge in [-0.15, -0.1) is 0 Å². The van der Waals surface area contributed by atoms with Crippen molar-refractivity contribution in [2.45, 2.75) is 6.92 Å². The number of carbonyl (C=O) groups excluding carboxylic acids is 3. The van der Waals surface area contributed by atoms with E-state index in [-0.39, 0.29) is 17.1 Å². The van der Waals surface area contributed by atoms with Crippen molar-refractivity contribution in [3.8, 4) is 11.3 Å². The van der Waals surface area contributed by atoms with Gasteiger partial charge in [-0.05, 0) is 37.3 Å². The number of fused-ring (bicyclic) bond motifs is 1. The van der Waals surface area contributed by atoms with Gasteiger partial charge in [0.15, 0.2) is 11.6 Å². The quantitative estimate of drug-likeness (QED) is 0.381. The van der Waals surface area contributed by atoms with Crippen LogP contribution in [0.5, 0.6) is 0 Å². The number of hydrogen-bond donors (Lipinski definition) is 0. The molecule has 138 valence electrons. The van der Waals surface area contributed by atoms with Crippen molar-refractivity contribution in [3.63, 3.8) is 0 Å². The highest BCUT2D eigenvalue weighted by Gasteiger charge is 2.32. The molecular weight excluding hydrogens is 356 g/mol. The molecule has 0 atom stereocenters. The Kier molecular flexibility index (Phi) is 4.49. The summed E-state index contributed by atoms with van der Waals surface area (Å²) in [5, 5.41) is 0. The molecule has 0 amide bonds. The zero-order valence-corrected chi connectivity index (χ0v) is 15.1. The second kappa shape index (κ2) is 7.12. The van der Waals surface area contributed by atoms with Crippen molar-refractivity contribution in [2.75, 3.05) is 6.61 Å². The predicted molar refractivity (Wildman–Crippen MR) is 103 cm³/mol. The number of furan rings is 1. The van der Waals surface area contributed by atoms with E-state index in [1.807, 2.05) is 0 Å². The Morgan fingerprint density at radius 1 is 0.964 bits per heavy atom. The summed E-state index contributed by atoms with van der Waals surface area (Å²) in [5.41, 5.74) is 2.03. The Hall–Kier alpha value is -3.73. The van der Waals surface area contributed by atoms with E-state index in [4.69, 9.17) is 9.15 Å². The summed E-state index contributed by atoms with van der Waals surface area (Å²) in [6, 6.07) is 17.0. The number of esters is 1. The van der Waals surface area contributed by atoms with Crippen molar-refractivity contribution < 1.29 is 23.5 Å². The van der Waals surface area contributed by atoms with E-state index in [0.717, 1.165) is 0 Å². The number of hydrogen-bond acceptors (Lipinski definition) is 5. The Morgan fingerprint density at radius 3 is 2.36 bits per heavy atom. The van der Waals surface area contributed by atoms with E-state index in [1.165, 1.54) is 6.08 Å². The molecule has 0 spiro atoms. The molecular formula is C23H16O5. The minimum atomic E-state index is -0.404. The molecule has 0 saturated heterocycles. The van der Waals surface area contributed by atoms with Crippen molar-refractivity contribution in [3.05, 3.63) is 88.7 Å². The summed E-state index contributed by atoms with van der Waals surface area (Å²) in [6.45, 7) is 2.05. The number of benzene rings is 2. The third-order valence-corrected chi connectivity index (χ3v) is 4.48. The minimum Gasteiger partial charge on any atom is -0.462 e. The Labute approximate surface area is 161 Å². The summed E-state index contributed by atoms with van der Waals surface area (Å²) in [5.74, 6) is -0.0988. The number of Topliss-reactive ketones (excluding diaryl/α,β-unsaturated/α-hetero) is 2. The van der Waals surface area contributed by atoms with Crippen molar-refractivity contribution in [1.82, 2.24) is 0 Å². The Bertz CT molecular complexity index is 1100. The minimum absolute atomic E-state index is 0.0855. The van der Waals surface area contributed by atoms with Crippen LogP contribution < -0.4 is 0 Å². The average molecular weight is 372 g/mol. The fourth-order valence-corrected chi connectivity index (χ4v) is 3.15. The van der Waals surface area contributed by atoms with Gasteiger partial charge in [0.25, 0.3) is 0 Å². The Morgan fingerprint density at radius 2 is 1.68 bits per heavy atom. The maximum absolute atomic E-state index is 12.5. The topological polar surface area (TPSA) is 73.6 Å². The van der Waals surface area contributed by atoms with E-state index in [0.29, 0.717) is 40.4 Å². The summed E-state index contributed by atoms with van der Waals surface area (Å²) >= 11 is 0. The van der Waals surface area contributed by atoms with Crippen LogP contribution in [0.3, 0.4) is 0 Å². The summed E-state index contributed by atoms with van der Waals surface area (Å²) < 4.78 is 10.8. The summed E-state index contributed by atoms with van der Waals surface area (Å²) in [4.78, 5) is 36.9. The Balaban J connectivity index is 1.64. The van der Waals surface area contributed by atoms with Gasteiger partial charge in [0, 0.05) is 16.7 Å². The van der Waals surface area contributed by atoms with Crippen LogP contribution >= 0.6 is 0 Å². The third-order valence-electron chi connectivity index (χ3n) is 4.48. The largest absolute Gasteiger partial charge is 0.462 e. The van der Waals surface area contributed by atoms with Crippen LogP contribution in [0, 0.1) is 0 Å². The lowest BCUT2D eigenvalue weighted by Crippen LogP contribution is -2.04. The van der Waals surface area contributed by atoms with E-state index >= 15 is 0 Å². The highest BCUT2D eigenvalue weighted by Crippen LogP contribution is 2.29. The van der Waals surface area contributed by atoms with Crippen LogP contribution in [0.1, 0.15) is 43.8 Å². The van der Waals surface area contributed by atoms with Gasteiger partial charge in [0.1, 0.15) is 11.5 Å². The zero-order valence-electron chi connectivity index (χ0n) is 15.1. The third kappa shape index (κ3) is 3.07. The highest BCUT2D eigenvalue weighted by atomic mass is 16.5. The van der Waals surface area contributed by atoms with Crippen molar-refractivity contribution in [2.24, 2.45) is 0 Å². The molecule has 5 nitrogen and oxygen atoms in total. The van der Waals surface area contributed by atoms with Crippen LogP contribution in [0.4, 0.5) is 0 Å². The van der Waals surface area contributed by atoms with Gasteiger partial charge in [0.05, 0.1) is 17.7 Å². The lowest BCUT2D eigenvalue weighted by atomic mass is 10.1. The van der Waals surface area contributed by atoms with Gasteiger partial charge < -0.3 is 9.15 Å². The standard InChI is InChI=1S/C23H16O5/c1-2-27-23(26)15-7-5-6-14(12-15)20-11-10-16(28-20)13-19-21(24)17-8-3-4-9-18(17)22(19)25/h3-13H,2H2,1H3. The molecule has 2 aromatic carbocycles. The van der Waals surface area contributed by atoms with Crippen LogP contribution in [0.25, 0.3) is 17.4 Å². The molecule has 0 radical (unpaired) electrons. The molecule has 0 unspecified atom stereocenters. The molecule has 5 heteroatoms. The molecule has 1 aromatic heterocycles. The van der Waals surface area contributed by atoms with E-state index < -0.39 is 5.97 Å². The van der Waals surface area contributed by atoms with E-state index in [1.54, 1.807) is 67.6 Å². The first-order valence-corrected chi connectivity index (χ1v) is 8.86. The smallest absolute Gasteiger partial charge is 0.338 e. The lowest BCUT2D eigenvalue weighted by Gasteiger charge is -2.03. The van der Waals surface area contributed by atoms with Crippen LogP contribution in [0.15, 0.2) is 70.7 Å². The normalized spacial score (nSPS) is 12.8. The second-order valence-corrected chi connectivity index (χ2v) is 6.27. The number of allylic oxidation sites excluding steroid dienone is 1. The molecule has 1 heterocycles. The van der Waals surface area contributed by atoms with Crippen LogP contribution in [0.2, 0.25) is 0 Å². The second-order valence-electron chi connectivity index (χ2n) is 6.27. The molecule has 1 aliphatic carbocycles. The molecule has 0 N–H and O–H groups in total. The van der Waals surface area contributed by atoms with Gasteiger partial charge in [-0.2, -0.15) is 0 Å². The first-order valence-electron chi connectivity index (χ1n) is 8.86. The van der Waals surface area contributed by atoms with Gasteiger partial charge in [-0.25, -0.2) is 4.79 Å². The molecule has 0 bridgehead atoms. The van der Waals surface area contributed by atoms with Crippen LogP contribution in [-0.4, -0.2) is 24.1 Å². The van der Waals surface area contributed by atoms with Gasteiger partial charge in [0.2, 0.25) is 0 Å². The van der Waals surface area contributed by atoms with Gasteiger partial charge in [-0.1, -0.05) is 36.4 Å². The summed E-state index contributed by atoms with van der Waals surface area (Å²) in [7, 11) is 0. The number of ether oxygens (including phenoxy) is 1. The summed E-state index contributed by atoms with van der Waals surface area (Å²) in [6.07, 6.45) is 1.46. The number of rotatable bonds is 4. The fraction of sp³-hybridized carbons (Fsp3) is 0.0870. The van der Waals surface area contributed by atoms with Crippen molar-refractivity contribution in [1.29, 1.82) is 0 Å².